The lowest BCUT2D eigenvalue weighted by molar-refractivity contribution is -0.660. The summed E-state index contributed by atoms with van der Waals surface area (Å²) in [7, 11) is 2.15. The smallest absolute Gasteiger partial charge is 0.201 e. The van der Waals surface area contributed by atoms with Gasteiger partial charge in [-0.2, -0.15) is 0 Å². The van der Waals surface area contributed by atoms with Gasteiger partial charge in [0.15, 0.2) is 6.20 Å². The molecule has 1 heteroatoms. The van der Waals surface area contributed by atoms with E-state index in [0.29, 0.717) is 0 Å². The summed E-state index contributed by atoms with van der Waals surface area (Å²) < 4.78 is 2.26. The minimum Gasteiger partial charge on any atom is -0.201 e. The van der Waals surface area contributed by atoms with Crippen LogP contribution < -0.4 is 4.57 Å². The van der Waals surface area contributed by atoms with Gasteiger partial charge in [-0.05, 0) is 41.2 Å². The van der Waals surface area contributed by atoms with Gasteiger partial charge in [0.05, 0.1) is 5.56 Å². The number of fused-ring (bicyclic) bond motifs is 3. The Labute approximate surface area is 151 Å². The molecule has 126 valence electrons. The molecule has 1 aliphatic carbocycles. The van der Waals surface area contributed by atoms with E-state index in [2.05, 4.69) is 94.0 Å². The van der Waals surface area contributed by atoms with Crippen LogP contribution in [0, 0.1) is 6.92 Å². The minimum absolute atomic E-state index is 0.0509. The second kappa shape index (κ2) is 5.56. The number of benzene rings is 2. The normalized spacial score (nSPS) is 14.3. The molecule has 2 aromatic carbocycles. The van der Waals surface area contributed by atoms with Crippen molar-refractivity contribution < 1.29 is 4.57 Å². The van der Waals surface area contributed by atoms with E-state index in [1.807, 2.05) is 0 Å². The van der Waals surface area contributed by atoms with Crippen LogP contribution in [0.3, 0.4) is 0 Å². The van der Waals surface area contributed by atoms with E-state index in [9.17, 15) is 0 Å². The van der Waals surface area contributed by atoms with Crippen LogP contribution in [0.2, 0.25) is 0 Å². The number of hydrogen-bond acceptors (Lipinski definition) is 0. The average Bonchev–Trinajstić information content (AvgIpc) is 2.84. The SMILES string of the molecule is CCc1cc[n+](C)c(-c2c(C)ccc3c2-c2ccccc2C3(C)C)c1. The van der Waals surface area contributed by atoms with Crippen molar-refractivity contribution >= 4 is 0 Å². The zero-order valence-corrected chi connectivity index (χ0v) is 15.9. The molecular weight excluding hydrogens is 302 g/mol. The molecule has 0 atom stereocenters. The van der Waals surface area contributed by atoms with Crippen molar-refractivity contribution in [3.8, 4) is 22.4 Å². The van der Waals surface area contributed by atoms with Crippen molar-refractivity contribution in [2.24, 2.45) is 7.05 Å². The molecule has 1 nitrogen and oxygen atoms in total. The fourth-order valence-corrected chi connectivity index (χ4v) is 4.31. The maximum atomic E-state index is 2.36. The summed E-state index contributed by atoms with van der Waals surface area (Å²) in [4.78, 5) is 0. The second-order valence-electron chi connectivity index (χ2n) is 7.74. The van der Waals surface area contributed by atoms with Crippen LogP contribution in [0.4, 0.5) is 0 Å². The summed E-state index contributed by atoms with van der Waals surface area (Å²) >= 11 is 0. The number of aromatic nitrogens is 1. The lowest BCUT2D eigenvalue weighted by Gasteiger charge is -2.22. The van der Waals surface area contributed by atoms with Crippen molar-refractivity contribution in [3.63, 3.8) is 0 Å². The highest BCUT2D eigenvalue weighted by Crippen LogP contribution is 2.52. The molecule has 25 heavy (non-hydrogen) atoms. The molecule has 1 aromatic heterocycles. The minimum atomic E-state index is 0.0509. The van der Waals surface area contributed by atoms with Crippen molar-refractivity contribution in [3.05, 3.63) is 77.0 Å². The predicted molar refractivity (Wildman–Crippen MR) is 105 cm³/mol. The Hall–Kier alpha value is -2.41. The van der Waals surface area contributed by atoms with Crippen molar-refractivity contribution in [2.75, 3.05) is 0 Å². The van der Waals surface area contributed by atoms with Crippen LogP contribution in [-0.2, 0) is 18.9 Å². The topological polar surface area (TPSA) is 3.88 Å². The molecule has 0 spiro atoms. The maximum absolute atomic E-state index is 2.36. The zero-order valence-electron chi connectivity index (χ0n) is 15.9. The van der Waals surface area contributed by atoms with E-state index in [1.165, 1.54) is 44.6 Å². The molecule has 0 amide bonds. The molecule has 3 aromatic rings. The first-order valence-corrected chi connectivity index (χ1v) is 9.18. The lowest BCUT2D eigenvalue weighted by atomic mass is 9.81. The van der Waals surface area contributed by atoms with Gasteiger partial charge in [-0.15, -0.1) is 0 Å². The van der Waals surface area contributed by atoms with Gasteiger partial charge >= 0.3 is 0 Å². The standard InChI is InChI=1S/C24H26N/c1-6-17-13-14-25(5)21(15-17)22-16(2)11-12-20-23(22)18-9-7-8-10-19(18)24(20,3)4/h7-15H,6H2,1-5H3/q+1. The van der Waals surface area contributed by atoms with Crippen molar-refractivity contribution in [1.29, 1.82) is 0 Å². The predicted octanol–water partition coefficient (Wildman–Crippen LogP) is 5.36. The van der Waals surface area contributed by atoms with Gasteiger partial charge in [-0.1, -0.05) is 57.2 Å². The molecule has 0 bridgehead atoms. The summed E-state index contributed by atoms with van der Waals surface area (Å²) in [6, 6.07) is 18.1. The maximum Gasteiger partial charge on any atom is 0.213 e. The van der Waals surface area contributed by atoms with E-state index < -0.39 is 0 Å². The summed E-state index contributed by atoms with van der Waals surface area (Å²) in [5.74, 6) is 0. The zero-order chi connectivity index (χ0) is 17.8. The Balaban J connectivity index is 2.11. The van der Waals surface area contributed by atoms with Gasteiger partial charge in [-0.3, -0.25) is 0 Å². The van der Waals surface area contributed by atoms with E-state index in [4.69, 9.17) is 0 Å². The van der Waals surface area contributed by atoms with Gasteiger partial charge in [0.25, 0.3) is 0 Å². The molecule has 0 unspecified atom stereocenters. The highest BCUT2D eigenvalue weighted by molar-refractivity contribution is 5.92. The van der Waals surface area contributed by atoms with E-state index in [1.54, 1.807) is 0 Å². The van der Waals surface area contributed by atoms with E-state index in [-0.39, 0.29) is 5.41 Å². The Bertz CT molecular complexity index is 979. The number of aryl methyl sites for hydroxylation is 3. The first kappa shape index (κ1) is 16.1. The third-order valence-corrected chi connectivity index (χ3v) is 5.84. The first-order valence-electron chi connectivity index (χ1n) is 9.18. The summed E-state index contributed by atoms with van der Waals surface area (Å²) in [6.07, 6.45) is 3.25. The summed E-state index contributed by atoms with van der Waals surface area (Å²) in [5.41, 5.74) is 11.2. The average molecular weight is 328 g/mol. The Kier molecular flexibility index (Phi) is 3.57. The van der Waals surface area contributed by atoms with Crippen LogP contribution >= 0.6 is 0 Å². The van der Waals surface area contributed by atoms with Crippen LogP contribution in [-0.4, -0.2) is 0 Å². The summed E-state index contributed by atoms with van der Waals surface area (Å²) in [6.45, 7) is 9.15. The molecule has 0 radical (unpaired) electrons. The molecular formula is C24H26N+. The van der Waals surface area contributed by atoms with Gasteiger partial charge < -0.3 is 0 Å². The monoisotopic (exact) mass is 328 g/mol. The van der Waals surface area contributed by atoms with Crippen molar-refractivity contribution in [2.45, 2.75) is 39.5 Å². The molecule has 0 N–H and O–H groups in total. The largest absolute Gasteiger partial charge is 0.213 e. The molecule has 0 saturated carbocycles. The third kappa shape index (κ3) is 2.26. The lowest BCUT2D eigenvalue weighted by Crippen LogP contribution is -2.31. The number of hydrogen-bond donors (Lipinski definition) is 0. The Morgan fingerprint density at radius 1 is 0.920 bits per heavy atom. The molecule has 0 saturated heterocycles. The number of nitrogens with zero attached hydrogens (tertiary/aromatic N) is 1. The van der Waals surface area contributed by atoms with Gasteiger partial charge in [0.2, 0.25) is 5.69 Å². The van der Waals surface area contributed by atoms with Gasteiger partial charge in [0, 0.05) is 23.1 Å². The second-order valence-corrected chi connectivity index (χ2v) is 7.74. The van der Waals surface area contributed by atoms with Crippen molar-refractivity contribution in [1.82, 2.24) is 0 Å². The first-order chi connectivity index (χ1) is 11.9. The fraction of sp³-hybridized carbons (Fsp3) is 0.292. The quantitative estimate of drug-likeness (QED) is 0.558. The van der Waals surface area contributed by atoms with Crippen LogP contribution in [0.15, 0.2) is 54.7 Å². The fourth-order valence-electron chi connectivity index (χ4n) is 4.31. The third-order valence-electron chi connectivity index (χ3n) is 5.84. The molecule has 0 aliphatic heterocycles. The number of pyridine rings is 1. The van der Waals surface area contributed by atoms with Crippen LogP contribution in [0.1, 0.15) is 43.0 Å². The van der Waals surface area contributed by atoms with Crippen LogP contribution in [0.5, 0.6) is 0 Å². The molecule has 1 heterocycles. The Morgan fingerprint density at radius 3 is 2.44 bits per heavy atom. The molecule has 4 rings (SSSR count). The Morgan fingerprint density at radius 2 is 1.68 bits per heavy atom. The highest BCUT2D eigenvalue weighted by Gasteiger charge is 2.38. The van der Waals surface area contributed by atoms with Gasteiger partial charge in [0.1, 0.15) is 7.05 Å². The number of rotatable bonds is 2. The van der Waals surface area contributed by atoms with E-state index >= 15 is 0 Å². The van der Waals surface area contributed by atoms with Crippen LogP contribution in [0.25, 0.3) is 22.4 Å². The molecule has 1 aliphatic rings. The highest BCUT2D eigenvalue weighted by atomic mass is 14.9. The van der Waals surface area contributed by atoms with Gasteiger partial charge in [-0.25, -0.2) is 4.57 Å². The summed E-state index contributed by atoms with van der Waals surface area (Å²) in [5, 5.41) is 0. The molecule has 0 fully saturated rings. The van der Waals surface area contributed by atoms with E-state index in [0.717, 1.165) is 6.42 Å².